The fourth-order valence-electron chi connectivity index (χ4n) is 2.69. The summed E-state index contributed by atoms with van der Waals surface area (Å²) in [6.45, 7) is 7.73. The van der Waals surface area contributed by atoms with Crippen LogP contribution in [0.2, 0.25) is 19.6 Å². The van der Waals surface area contributed by atoms with Crippen molar-refractivity contribution in [2.45, 2.75) is 32.5 Å². The van der Waals surface area contributed by atoms with Gasteiger partial charge in [0, 0.05) is 5.56 Å². The van der Waals surface area contributed by atoms with Crippen molar-refractivity contribution < 1.29 is 14.3 Å². The second-order valence-electron chi connectivity index (χ2n) is 6.57. The van der Waals surface area contributed by atoms with E-state index in [2.05, 4.69) is 0 Å². The molecule has 0 unspecified atom stereocenters. The number of halogens is 1. The highest BCUT2D eigenvalue weighted by molar-refractivity contribution is 6.89. The van der Waals surface area contributed by atoms with Gasteiger partial charge in [0.15, 0.2) is 0 Å². The molecule has 0 heterocycles. The van der Waals surface area contributed by atoms with Crippen molar-refractivity contribution in [1.29, 1.82) is 0 Å². The highest BCUT2D eigenvalue weighted by Gasteiger charge is 2.30. The lowest BCUT2D eigenvalue weighted by molar-refractivity contribution is -0.138. The monoisotopic (exact) mass is 316 g/mol. The third-order valence-electron chi connectivity index (χ3n) is 3.85. The van der Waals surface area contributed by atoms with E-state index in [1.165, 1.54) is 0 Å². The van der Waals surface area contributed by atoms with Crippen molar-refractivity contribution in [3.05, 3.63) is 53.8 Å². The smallest absolute Gasteiger partial charge is 0.310 e. The highest BCUT2D eigenvalue weighted by atomic mass is 28.3. The highest BCUT2D eigenvalue weighted by Crippen LogP contribution is 2.27. The van der Waals surface area contributed by atoms with Gasteiger partial charge in [0.1, 0.15) is 5.82 Å². The molecule has 0 saturated heterocycles. The molecule has 22 heavy (non-hydrogen) atoms. The van der Waals surface area contributed by atoms with Gasteiger partial charge in [0.25, 0.3) is 0 Å². The van der Waals surface area contributed by atoms with Crippen molar-refractivity contribution >= 4 is 19.2 Å². The summed E-state index contributed by atoms with van der Waals surface area (Å²) in [6.07, 6.45) is 0. The van der Waals surface area contributed by atoms with Crippen LogP contribution in [0.25, 0.3) is 11.1 Å². The van der Waals surface area contributed by atoms with Crippen LogP contribution in [0.1, 0.15) is 18.4 Å². The molecular formula is C18H21FO2Si. The Morgan fingerprint density at radius 2 is 1.68 bits per heavy atom. The van der Waals surface area contributed by atoms with Crippen LogP contribution in [0.5, 0.6) is 0 Å². The van der Waals surface area contributed by atoms with Gasteiger partial charge in [-0.3, -0.25) is 4.79 Å². The van der Waals surface area contributed by atoms with Crippen molar-refractivity contribution in [2.24, 2.45) is 0 Å². The van der Waals surface area contributed by atoms with Crippen LogP contribution in [0.3, 0.4) is 0 Å². The summed E-state index contributed by atoms with van der Waals surface area (Å²) in [5, 5.41) is 9.91. The molecule has 0 fully saturated rings. The number of hydrogen-bond donors (Lipinski definition) is 1. The minimum absolute atomic E-state index is 0.268. The topological polar surface area (TPSA) is 37.3 Å². The van der Waals surface area contributed by atoms with E-state index < -0.39 is 20.0 Å². The lowest BCUT2D eigenvalue weighted by Crippen LogP contribution is -2.44. The quantitative estimate of drug-likeness (QED) is 0.857. The number of hydrogen-bond acceptors (Lipinski definition) is 1. The van der Waals surface area contributed by atoms with E-state index in [-0.39, 0.29) is 5.82 Å². The zero-order valence-electron chi connectivity index (χ0n) is 13.4. The zero-order chi connectivity index (χ0) is 16.5. The normalized spacial score (nSPS) is 13.0. The number of carboxylic acids is 1. The molecule has 2 nitrogen and oxygen atoms in total. The molecule has 2 aromatic rings. The largest absolute Gasteiger partial charge is 0.481 e. The van der Waals surface area contributed by atoms with Crippen LogP contribution < -0.4 is 5.19 Å². The van der Waals surface area contributed by atoms with E-state index in [1.54, 1.807) is 19.1 Å². The van der Waals surface area contributed by atoms with E-state index in [0.29, 0.717) is 16.3 Å². The lowest BCUT2D eigenvalue weighted by Gasteiger charge is -2.25. The molecule has 0 spiro atoms. The molecule has 1 N–H and O–H groups in total. The Hall–Kier alpha value is -1.94. The number of aliphatic carboxylic acids is 1. The van der Waals surface area contributed by atoms with Crippen LogP contribution in [-0.4, -0.2) is 19.1 Å². The van der Waals surface area contributed by atoms with Crippen LogP contribution in [0.4, 0.5) is 4.39 Å². The Kier molecular flexibility index (Phi) is 4.51. The SMILES string of the molecule is C[C@@H](C(=O)O)c1ccc(-c2ccccc2)c(F)c1[Si](C)(C)C. The van der Waals surface area contributed by atoms with Gasteiger partial charge in [-0.1, -0.05) is 62.1 Å². The molecule has 0 amide bonds. The molecule has 116 valence electrons. The Balaban J connectivity index is 2.71. The molecule has 2 rings (SSSR count). The van der Waals surface area contributed by atoms with Crippen LogP contribution in [0, 0.1) is 5.82 Å². The first-order valence-corrected chi connectivity index (χ1v) is 10.8. The summed E-state index contributed by atoms with van der Waals surface area (Å²) < 4.78 is 15.2. The molecule has 2 aromatic carbocycles. The maximum Gasteiger partial charge on any atom is 0.310 e. The third kappa shape index (κ3) is 3.12. The van der Waals surface area contributed by atoms with E-state index >= 15 is 4.39 Å². The molecule has 1 atom stereocenters. The third-order valence-corrected chi connectivity index (χ3v) is 5.85. The maximum atomic E-state index is 15.2. The predicted molar refractivity (Wildman–Crippen MR) is 90.9 cm³/mol. The fourth-order valence-corrected chi connectivity index (χ4v) is 4.65. The first-order valence-electron chi connectivity index (χ1n) is 7.34. The molecular weight excluding hydrogens is 295 g/mol. The Labute approximate surface area is 131 Å². The molecule has 0 bridgehead atoms. The van der Waals surface area contributed by atoms with Crippen LogP contribution in [0.15, 0.2) is 42.5 Å². The van der Waals surface area contributed by atoms with Gasteiger partial charge in [-0.25, -0.2) is 4.39 Å². The lowest BCUT2D eigenvalue weighted by atomic mass is 9.96. The predicted octanol–water partition coefficient (Wildman–Crippen LogP) is 4.23. The number of carboxylic acid groups (broad SMARTS) is 1. The first-order chi connectivity index (χ1) is 10.2. The number of carbonyl (C=O) groups is 1. The van der Waals surface area contributed by atoms with Crippen molar-refractivity contribution in [2.75, 3.05) is 0 Å². The Morgan fingerprint density at radius 1 is 1.09 bits per heavy atom. The summed E-state index contributed by atoms with van der Waals surface area (Å²) in [5.41, 5.74) is 1.96. The van der Waals surface area contributed by atoms with E-state index in [9.17, 15) is 9.90 Å². The van der Waals surface area contributed by atoms with Gasteiger partial charge in [-0.2, -0.15) is 0 Å². The minimum atomic E-state index is -2.03. The molecule has 4 heteroatoms. The number of benzene rings is 2. The Bertz CT molecular complexity index is 690. The fraction of sp³-hybridized carbons (Fsp3) is 0.278. The van der Waals surface area contributed by atoms with Crippen LogP contribution >= 0.6 is 0 Å². The van der Waals surface area contributed by atoms with Crippen molar-refractivity contribution in [3.63, 3.8) is 0 Å². The van der Waals surface area contributed by atoms with Gasteiger partial charge in [-0.15, -0.1) is 0 Å². The van der Waals surface area contributed by atoms with E-state index in [4.69, 9.17) is 0 Å². The Morgan fingerprint density at radius 3 is 2.18 bits per heavy atom. The maximum absolute atomic E-state index is 15.2. The summed E-state index contributed by atoms with van der Waals surface area (Å²) in [6, 6.07) is 12.8. The average Bonchev–Trinajstić information content (AvgIpc) is 2.45. The number of rotatable bonds is 4. The average molecular weight is 316 g/mol. The second kappa shape index (κ2) is 6.05. The van der Waals surface area contributed by atoms with E-state index in [0.717, 1.165) is 5.56 Å². The molecule has 0 radical (unpaired) electrons. The van der Waals surface area contributed by atoms with Crippen LogP contribution in [-0.2, 0) is 4.79 Å². The van der Waals surface area contributed by atoms with Gasteiger partial charge >= 0.3 is 5.97 Å². The van der Waals surface area contributed by atoms with E-state index in [1.807, 2.05) is 50.0 Å². The zero-order valence-corrected chi connectivity index (χ0v) is 14.4. The van der Waals surface area contributed by atoms with Gasteiger partial charge in [-0.05, 0) is 23.2 Å². The summed E-state index contributed by atoms with van der Waals surface area (Å²) in [5.74, 6) is -1.90. The molecule has 0 aliphatic rings. The standard InChI is InChI=1S/C18H21FO2Si/c1-12(18(20)21)14-10-11-15(13-8-6-5-7-9-13)16(19)17(14)22(2,3)4/h5-12H,1-4H3,(H,20,21)/t12-/m1/s1. The first kappa shape index (κ1) is 16.4. The minimum Gasteiger partial charge on any atom is -0.481 e. The van der Waals surface area contributed by atoms with Crippen molar-refractivity contribution in [1.82, 2.24) is 0 Å². The second-order valence-corrected chi connectivity index (χ2v) is 11.6. The molecule has 0 saturated carbocycles. The van der Waals surface area contributed by atoms with Gasteiger partial charge in [0.2, 0.25) is 0 Å². The van der Waals surface area contributed by atoms with Crippen molar-refractivity contribution in [3.8, 4) is 11.1 Å². The summed E-state index contributed by atoms with van der Waals surface area (Å²) >= 11 is 0. The van der Waals surface area contributed by atoms with Gasteiger partial charge in [0.05, 0.1) is 14.0 Å². The van der Waals surface area contributed by atoms with Gasteiger partial charge < -0.3 is 5.11 Å². The molecule has 0 aliphatic heterocycles. The molecule has 0 aliphatic carbocycles. The summed E-state index contributed by atoms with van der Waals surface area (Å²) in [7, 11) is -2.03. The summed E-state index contributed by atoms with van der Waals surface area (Å²) in [4.78, 5) is 11.3. The molecule has 0 aromatic heterocycles.